The standard InChI is InChI=1S/C26H38O2/c1-10-11-20(23-16(2)12-18(27)14-21(23)25(4,5)6)24-17(3)13-19(28)15-22(24)26(7,8)9/h12-15,20,27-28H,10-11H2,1-9H3. The van der Waals surface area contributed by atoms with Crippen LogP contribution in [0, 0.1) is 13.8 Å². The number of hydrogen-bond acceptors (Lipinski definition) is 2. The van der Waals surface area contributed by atoms with Crippen LogP contribution < -0.4 is 0 Å². The van der Waals surface area contributed by atoms with Gasteiger partial charge in [0.2, 0.25) is 0 Å². The van der Waals surface area contributed by atoms with Crippen molar-refractivity contribution >= 4 is 0 Å². The lowest BCUT2D eigenvalue weighted by molar-refractivity contribution is 0.466. The third-order valence-corrected chi connectivity index (χ3v) is 5.63. The average molecular weight is 383 g/mol. The summed E-state index contributed by atoms with van der Waals surface area (Å²) in [5, 5.41) is 20.6. The zero-order chi connectivity index (χ0) is 21.4. The van der Waals surface area contributed by atoms with Gasteiger partial charge in [-0.1, -0.05) is 54.9 Å². The normalized spacial score (nSPS) is 12.6. The van der Waals surface area contributed by atoms with E-state index in [0.29, 0.717) is 11.5 Å². The van der Waals surface area contributed by atoms with Gasteiger partial charge in [0.05, 0.1) is 0 Å². The van der Waals surface area contributed by atoms with Crippen LogP contribution in [0.5, 0.6) is 11.5 Å². The predicted molar refractivity (Wildman–Crippen MR) is 120 cm³/mol. The lowest BCUT2D eigenvalue weighted by Gasteiger charge is -2.34. The van der Waals surface area contributed by atoms with E-state index in [1.165, 1.54) is 22.3 Å². The molecule has 0 spiro atoms. The first-order valence-electron chi connectivity index (χ1n) is 10.4. The molecule has 2 heteroatoms. The highest BCUT2D eigenvalue weighted by Gasteiger charge is 2.31. The van der Waals surface area contributed by atoms with Gasteiger partial charge < -0.3 is 10.2 Å². The molecule has 0 heterocycles. The van der Waals surface area contributed by atoms with Crippen molar-refractivity contribution in [3.05, 3.63) is 57.6 Å². The number of phenols is 2. The summed E-state index contributed by atoms with van der Waals surface area (Å²) >= 11 is 0. The number of benzene rings is 2. The third kappa shape index (κ3) is 4.54. The van der Waals surface area contributed by atoms with Gasteiger partial charge in [-0.15, -0.1) is 0 Å². The molecule has 2 N–H and O–H groups in total. The van der Waals surface area contributed by atoms with Gasteiger partial charge in [-0.05, 0) is 88.7 Å². The number of aromatic hydroxyl groups is 2. The van der Waals surface area contributed by atoms with Crippen molar-refractivity contribution in [2.24, 2.45) is 0 Å². The Kier molecular flexibility index (Phi) is 6.23. The zero-order valence-corrected chi connectivity index (χ0v) is 19.2. The molecular formula is C26H38O2. The third-order valence-electron chi connectivity index (χ3n) is 5.63. The molecule has 0 aromatic heterocycles. The van der Waals surface area contributed by atoms with E-state index in [1.54, 1.807) is 0 Å². The maximum Gasteiger partial charge on any atom is 0.116 e. The van der Waals surface area contributed by atoms with Gasteiger partial charge >= 0.3 is 0 Å². The first kappa shape index (κ1) is 22.3. The van der Waals surface area contributed by atoms with E-state index in [1.807, 2.05) is 24.3 Å². The summed E-state index contributed by atoms with van der Waals surface area (Å²) in [6.07, 6.45) is 2.10. The Labute approximate surface area is 171 Å². The van der Waals surface area contributed by atoms with Gasteiger partial charge in [0, 0.05) is 5.92 Å². The smallest absolute Gasteiger partial charge is 0.116 e. The fourth-order valence-electron chi connectivity index (χ4n) is 4.45. The molecule has 0 aliphatic carbocycles. The molecule has 0 aliphatic rings. The SMILES string of the molecule is CCCC(c1c(C)cc(O)cc1C(C)(C)C)c1c(C)cc(O)cc1C(C)(C)C. The number of aryl methyl sites for hydroxylation is 2. The Bertz CT molecular complexity index is 779. The summed E-state index contributed by atoms with van der Waals surface area (Å²) in [7, 11) is 0. The summed E-state index contributed by atoms with van der Waals surface area (Å²) in [4.78, 5) is 0. The molecule has 0 bridgehead atoms. The van der Waals surface area contributed by atoms with E-state index in [9.17, 15) is 10.2 Å². The van der Waals surface area contributed by atoms with Crippen LogP contribution in [-0.4, -0.2) is 10.2 Å². The monoisotopic (exact) mass is 382 g/mol. The van der Waals surface area contributed by atoms with Crippen LogP contribution in [0.15, 0.2) is 24.3 Å². The van der Waals surface area contributed by atoms with Gasteiger partial charge in [0.15, 0.2) is 0 Å². The second-order valence-electron chi connectivity index (χ2n) is 10.3. The number of phenolic OH excluding ortho intramolecular Hbond substituents is 2. The lowest BCUT2D eigenvalue weighted by Crippen LogP contribution is -2.22. The first-order chi connectivity index (χ1) is 12.8. The van der Waals surface area contributed by atoms with Crippen molar-refractivity contribution in [2.75, 3.05) is 0 Å². The number of hydrogen-bond donors (Lipinski definition) is 2. The summed E-state index contributed by atoms with van der Waals surface area (Å²) in [5.41, 5.74) is 7.19. The van der Waals surface area contributed by atoms with E-state index >= 15 is 0 Å². The quantitative estimate of drug-likeness (QED) is 0.585. The molecule has 0 aliphatic heterocycles. The summed E-state index contributed by atoms with van der Waals surface area (Å²) in [6.45, 7) is 19.7. The van der Waals surface area contributed by atoms with Crippen LogP contribution in [0.25, 0.3) is 0 Å². The topological polar surface area (TPSA) is 40.5 Å². The van der Waals surface area contributed by atoms with Crippen molar-refractivity contribution in [3.8, 4) is 11.5 Å². The van der Waals surface area contributed by atoms with Crippen LogP contribution in [-0.2, 0) is 10.8 Å². The minimum atomic E-state index is -0.0719. The molecule has 2 aromatic rings. The minimum Gasteiger partial charge on any atom is -0.508 e. The summed E-state index contributed by atoms with van der Waals surface area (Å²) < 4.78 is 0. The molecule has 2 aromatic carbocycles. The van der Waals surface area contributed by atoms with Crippen molar-refractivity contribution in [1.82, 2.24) is 0 Å². The van der Waals surface area contributed by atoms with E-state index in [0.717, 1.165) is 24.0 Å². The van der Waals surface area contributed by atoms with Crippen LogP contribution in [0.4, 0.5) is 0 Å². The molecule has 0 radical (unpaired) electrons. The van der Waals surface area contributed by atoms with Crippen molar-refractivity contribution < 1.29 is 10.2 Å². The van der Waals surface area contributed by atoms with E-state index < -0.39 is 0 Å². The van der Waals surface area contributed by atoms with Gasteiger partial charge in [0.25, 0.3) is 0 Å². The Morgan fingerprint density at radius 1 is 0.714 bits per heavy atom. The minimum absolute atomic E-state index is 0.0719. The largest absolute Gasteiger partial charge is 0.508 e. The van der Waals surface area contributed by atoms with E-state index in [4.69, 9.17) is 0 Å². The highest BCUT2D eigenvalue weighted by molar-refractivity contribution is 5.55. The van der Waals surface area contributed by atoms with Crippen LogP contribution in [0.1, 0.15) is 101 Å². The highest BCUT2D eigenvalue weighted by Crippen LogP contribution is 2.45. The molecule has 154 valence electrons. The number of rotatable bonds is 4. The van der Waals surface area contributed by atoms with Crippen LogP contribution in [0.2, 0.25) is 0 Å². The molecule has 0 saturated heterocycles. The van der Waals surface area contributed by atoms with Gasteiger partial charge in [-0.3, -0.25) is 0 Å². The Hall–Kier alpha value is -1.96. The molecule has 0 fully saturated rings. The molecule has 0 atom stereocenters. The first-order valence-corrected chi connectivity index (χ1v) is 10.4. The Morgan fingerprint density at radius 2 is 1.07 bits per heavy atom. The van der Waals surface area contributed by atoms with Crippen molar-refractivity contribution in [3.63, 3.8) is 0 Å². The molecule has 28 heavy (non-hydrogen) atoms. The highest BCUT2D eigenvalue weighted by atomic mass is 16.3. The molecule has 0 amide bonds. The van der Waals surface area contributed by atoms with Gasteiger partial charge in [0.1, 0.15) is 11.5 Å². The second-order valence-corrected chi connectivity index (χ2v) is 10.3. The molecule has 0 saturated carbocycles. The predicted octanol–water partition coefficient (Wildman–Crippen LogP) is 7.24. The second kappa shape index (κ2) is 7.81. The lowest BCUT2D eigenvalue weighted by atomic mass is 9.70. The van der Waals surface area contributed by atoms with Crippen molar-refractivity contribution in [1.29, 1.82) is 0 Å². The maximum atomic E-state index is 10.3. The zero-order valence-electron chi connectivity index (χ0n) is 19.2. The van der Waals surface area contributed by atoms with Crippen LogP contribution >= 0.6 is 0 Å². The van der Waals surface area contributed by atoms with Gasteiger partial charge in [-0.25, -0.2) is 0 Å². The Morgan fingerprint density at radius 3 is 1.36 bits per heavy atom. The maximum absolute atomic E-state index is 10.3. The molecule has 2 rings (SSSR count). The molecular weight excluding hydrogens is 344 g/mol. The fourth-order valence-corrected chi connectivity index (χ4v) is 4.45. The molecule has 0 unspecified atom stereocenters. The molecule has 2 nitrogen and oxygen atoms in total. The average Bonchev–Trinajstić information content (AvgIpc) is 2.50. The summed E-state index contributed by atoms with van der Waals surface area (Å²) in [6, 6.07) is 7.66. The van der Waals surface area contributed by atoms with Gasteiger partial charge in [-0.2, -0.15) is 0 Å². The summed E-state index contributed by atoms with van der Waals surface area (Å²) in [5.74, 6) is 0.898. The van der Waals surface area contributed by atoms with Crippen LogP contribution in [0.3, 0.4) is 0 Å². The van der Waals surface area contributed by atoms with E-state index in [-0.39, 0.29) is 16.7 Å². The van der Waals surface area contributed by atoms with E-state index in [2.05, 4.69) is 62.3 Å². The van der Waals surface area contributed by atoms with Crippen molar-refractivity contribution in [2.45, 2.75) is 91.9 Å². The Balaban J connectivity index is 2.91. The fraction of sp³-hybridized carbons (Fsp3) is 0.538.